The minimum absolute atomic E-state index is 0.506. The van der Waals surface area contributed by atoms with E-state index in [-0.39, 0.29) is 0 Å². The molecule has 20 heavy (non-hydrogen) atoms. The van der Waals surface area contributed by atoms with Gasteiger partial charge in [-0.3, -0.25) is 4.90 Å². The molecule has 6 heteroatoms. The zero-order valence-electron chi connectivity index (χ0n) is 11.3. The smallest absolute Gasteiger partial charge is 0.169 e. The lowest BCUT2D eigenvalue weighted by molar-refractivity contribution is -0.140. The fraction of sp³-hybridized carbons (Fsp3) is 0.571. The van der Waals surface area contributed by atoms with Crippen molar-refractivity contribution in [1.82, 2.24) is 19.5 Å². The molecule has 2 aromatic heterocycles. The van der Waals surface area contributed by atoms with Crippen molar-refractivity contribution in [2.45, 2.75) is 19.4 Å². The molecule has 2 saturated heterocycles. The summed E-state index contributed by atoms with van der Waals surface area (Å²) in [4.78, 5) is 6.97. The van der Waals surface area contributed by atoms with Crippen LogP contribution in [0.4, 0.5) is 0 Å². The first-order chi connectivity index (χ1) is 9.74. The molecule has 0 unspecified atom stereocenters. The van der Waals surface area contributed by atoms with E-state index in [0.29, 0.717) is 5.41 Å². The van der Waals surface area contributed by atoms with E-state index in [0.717, 1.165) is 43.0 Å². The highest BCUT2D eigenvalue weighted by Crippen LogP contribution is 2.38. The van der Waals surface area contributed by atoms with Gasteiger partial charge in [0.25, 0.3) is 0 Å². The summed E-state index contributed by atoms with van der Waals surface area (Å²) >= 11 is 3.45. The summed E-state index contributed by atoms with van der Waals surface area (Å²) in [5.74, 6) is 0. The Labute approximate surface area is 126 Å². The van der Waals surface area contributed by atoms with E-state index >= 15 is 0 Å². The molecule has 0 saturated carbocycles. The Morgan fingerprint density at radius 2 is 2.05 bits per heavy atom. The lowest BCUT2D eigenvalue weighted by Gasteiger charge is -2.47. The maximum absolute atomic E-state index is 5.38. The Kier molecular flexibility index (Phi) is 3.05. The minimum Gasteiger partial charge on any atom is -0.380 e. The van der Waals surface area contributed by atoms with Crippen molar-refractivity contribution in [3.63, 3.8) is 0 Å². The molecular formula is C14H17BrN4O. The normalized spacial score (nSPS) is 22.2. The second kappa shape index (κ2) is 4.79. The van der Waals surface area contributed by atoms with Crippen LogP contribution < -0.4 is 0 Å². The summed E-state index contributed by atoms with van der Waals surface area (Å²) < 4.78 is 8.15. The number of ether oxygens (including phenoxy) is 1. The highest BCUT2D eigenvalue weighted by Gasteiger charge is 2.40. The van der Waals surface area contributed by atoms with Gasteiger partial charge in [-0.05, 0) is 41.9 Å². The number of aromatic nitrogens is 3. The number of likely N-dealkylation sites (tertiary alicyclic amines) is 1. The van der Waals surface area contributed by atoms with E-state index in [4.69, 9.17) is 4.74 Å². The van der Waals surface area contributed by atoms with Gasteiger partial charge in [0.05, 0.1) is 23.9 Å². The SMILES string of the molecule is Brc1cnn2cc(CN3CCC4(CC3)COC4)cnc12. The summed E-state index contributed by atoms with van der Waals surface area (Å²) in [5.41, 5.74) is 2.60. The molecule has 0 atom stereocenters. The summed E-state index contributed by atoms with van der Waals surface area (Å²) in [7, 11) is 0. The van der Waals surface area contributed by atoms with E-state index in [2.05, 4.69) is 37.1 Å². The van der Waals surface area contributed by atoms with Crippen molar-refractivity contribution in [2.24, 2.45) is 5.41 Å². The van der Waals surface area contributed by atoms with Crippen molar-refractivity contribution in [3.05, 3.63) is 28.6 Å². The average Bonchev–Trinajstić information content (AvgIpc) is 2.79. The van der Waals surface area contributed by atoms with Crippen molar-refractivity contribution in [2.75, 3.05) is 26.3 Å². The molecule has 1 spiro atoms. The van der Waals surface area contributed by atoms with Crippen molar-refractivity contribution >= 4 is 21.6 Å². The molecule has 4 heterocycles. The number of hydrogen-bond acceptors (Lipinski definition) is 4. The maximum Gasteiger partial charge on any atom is 0.169 e. The molecule has 2 aliphatic heterocycles. The van der Waals surface area contributed by atoms with Gasteiger partial charge in [0.2, 0.25) is 0 Å². The average molecular weight is 337 g/mol. The number of nitrogens with zero attached hydrogens (tertiary/aromatic N) is 4. The van der Waals surface area contributed by atoms with Crippen molar-refractivity contribution < 1.29 is 4.74 Å². The Morgan fingerprint density at radius 1 is 1.25 bits per heavy atom. The third-order valence-corrected chi connectivity index (χ3v) is 5.07. The highest BCUT2D eigenvalue weighted by atomic mass is 79.9. The van der Waals surface area contributed by atoms with Crippen molar-refractivity contribution in [3.8, 4) is 0 Å². The zero-order valence-corrected chi connectivity index (χ0v) is 12.8. The molecule has 2 aliphatic rings. The Bertz CT molecular complexity index is 627. The highest BCUT2D eigenvalue weighted by molar-refractivity contribution is 9.10. The van der Waals surface area contributed by atoms with Crippen LogP contribution in [0.15, 0.2) is 23.1 Å². The monoisotopic (exact) mass is 336 g/mol. The fourth-order valence-electron chi connectivity index (χ4n) is 3.09. The minimum atomic E-state index is 0.506. The topological polar surface area (TPSA) is 42.7 Å². The predicted molar refractivity (Wildman–Crippen MR) is 78.5 cm³/mol. The molecule has 0 radical (unpaired) electrons. The second-order valence-electron chi connectivity index (χ2n) is 5.99. The predicted octanol–water partition coefficient (Wildman–Crippen LogP) is 2.10. The molecule has 0 bridgehead atoms. The molecule has 2 aromatic rings. The Hall–Kier alpha value is -0.980. The van der Waals surface area contributed by atoms with Gasteiger partial charge in [-0.25, -0.2) is 9.50 Å². The zero-order chi connectivity index (χ0) is 13.6. The number of fused-ring (bicyclic) bond motifs is 1. The van der Waals surface area contributed by atoms with Crippen LogP contribution in [-0.2, 0) is 11.3 Å². The molecule has 4 rings (SSSR count). The largest absolute Gasteiger partial charge is 0.380 e. The molecule has 5 nitrogen and oxygen atoms in total. The van der Waals surface area contributed by atoms with Crippen LogP contribution >= 0.6 is 15.9 Å². The van der Waals surface area contributed by atoms with Crippen LogP contribution in [0.1, 0.15) is 18.4 Å². The quantitative estimate of drug-likeness (QED) is 0.842. The fourth-order valence-corrected chi connectivity index (χ4v) is 3.46. The standard InChI is InChI=1S/C14H17BrN4O/c15-12-6-17-19-8-11(5-16-13(12)19)7-18-3-1-14(2-4-18)9-20-10-14/h5-6,8H,1-4,7,9-10H2. The van der Waals surface area contributed by atoms with Gasteiger partial charge in [0, 0.05) is 29.9 Å². The first-order valence-corrected chi connectivity index (χ1v) is 7.81. The van der Waals surface area contributed by atoms with Crippen LogP contribution in [0.5, 0.6) is 0 Å². The Balaban J connectivity index is 1.45. The molecule has 0 N–H and O–H groups in total. The van der Waals surface area contributed by atoms with Gasteiger partial charge in [0.1, 0.15) is 0 Å². The second-order valence-corrected chi connectivity index (χ2v) is 6.85. The number of hydrogen-bond donors (Lipinski definition) is 0. The molecule has 0 aromatic carbocycles. The van der Waals surface area contributed by atoms with Gasteiger partial charge in [-0.2, -0.15) is 5.10 Å². The van der Waals surface area contributed by atoms with Gasteiger partial charge in [-0.1, -0.05) is 0 Å². The van der Waals surface area contributed by atoms with E-state index in [1.54, 1.807) is 6.20 Å². The molecular weight excluding hydrogens is 320 g/mol. The number of rotatable bonds is 2. The third-order valence-electron chi connectivity index (χ3n) is 4.51. The number of halogens is 1. The third kappa shape index (κ3) is 2.16. The van der Waals surface area contributed by atoms with E-state index in [1.807, 2.05) is 10.7 Å². The van der Waals surface area contributed by atoms with Crippen LogP contribution in [0.25, 0.3) is 5.65 Å². The molecule has 0 aliphatic carbocycles. The Morgan fingerprint density at radius 3 is 2.75 bits per heavy atom. The van der Waals surface area contributed by atoms with Gasteiger partial charge in [0.15, 0.2) is 5.65 Å². The summed E-state index contributed by atoms with van der Waals surface area (Å²) in [6.45, 7) is 5.21. The lowest BCUT2D eigenvalue weighted by atomic mass is 9.77. The van der Waals surface area contributed by atoms with E-state index < -0.39 is 0 Å². The first-order valence-electron chi connectivity index (χ1n) is 7.02. The first kappa shape index (κ1) is 12.7. The van der Waals surface area contributed by atoms with Gasteiger partial charge in [-0.15, -0.1) is 0 Å². The molecule has 106 valence electrons. The molecule has 0 amide bonds. The van der Waals surface area contributed by atoms with Gasteiger partial charge >= 0.3 is 0 Å². The van der Waals surface area contributed by atoms with Crippen molar-refractivity contribution in [1.29, 1.82) is 0 Å². The van der Waals surface area contributed by atoms with Crippen LogP contribution in [0, 0.1) is 5.41 Å². The van der Waals surface area contributed by atoms with Crippen LogP contribution in [-0.4, -0.2) is 45.8 Å². The summed E-state index contributed by atoms with van der Waals surface area (Å²) in [6, 6.07) is 0. The van der Waals surface area contributed by atoms with E-state index in [9.17, 15) is 0 Å². The summed E-state index contributed by atoms with van der Waals surface area (Å²) in [5, 5.41) is 4.29. The van der Waals surface area contributed by atoms with Gasteiger partial charge < -0.3 is 4.74 Å². The maximum atomic E-state index is 5.38. The van der Waals surface area contributed by atoms with E-state index in [1.165, 1.54) is 18.4 Å². The molecule has 2 fully saturated rings. The lowest BCUT2D eigenvalue weighted by Crippen LogP contribution is -2.50. The number of piperidine rings is 1. The van der Waals surface area contributed by atoms with Crippen LogP contribution in [0.3, 0.4) is 0 Å². The van der Waals surface area contributed by atoms with Crippen LogP contribution in [0.2, 0.25) is 0 Å². The summed E-state index contributed by atoms with van der Waals surface area (Å²) in [6.07, 6.45) is 8.34.